The number of hydrogen-bond acceptors (Lipinski definition) is 3. The van der Waals surface area contributed by atoms with Crippen LogP contribution in [-0.2, 0) is 22.4 Å². The Hall–Kier alpha value is -2.34. The van der Waals surface area contributed by atoms with Gasteiger partial charge in [-0.05, 0) is 48.2 Å². The van der Waals surface area contributed by atoms with Crippen molar-refractivity contribution in [2.24, 2.45) is 0 Å². The van der Waals surface area contributed by atoms with Gasteiger partial charge in [-0.1, -0.05) is 41.1 Å². The molecule has 0 saturated carbocycles. The van der Waals surface area contributed by atoms with Gasteiger partial charge in [0.05, 0.1) is 18.7 Å². The Morgan fingerprint density at radius 2 is 1.81 bits per heavy atom. The summed E-state index contributed by atoms with van der Waals surface area (Å²) in [4.78, 5) is 23.2. The fourth-order valence-corrected chi connectivity index (χ4v) is 2.67. The molecule has 6 heteroatoms. The monoisotopic (exact) mass is 419 g/mol. The van der Waals surface area contributed by atoms with Crippen LogP contribution in [0.4, 0.5) is 5.69 Å². The molecule has 2 N–H and O–H groups in total. The van der Waals surface area contributed by atoms with Crippen LogP contribution in [-0.4, -0.2) is 23.6 Å². The zero-order valence-electron chi connectivity index (χ0n) is 14.6. The van der Waals surface area contributed by atoms with Crippen LogP contribution in [0.5, 0.6) is 5.75 Å². The maximum absolute atomic E-state index is 12.4. The van der Waals surface area contributed by atoms with Crippen LogP contribution in [0.3, 0.4) is 0 Å². The molecule has 2 rings (SSSR count). The lowest BCUT2D eigenvalue weighted by Crippen LogP contribution is -2.15. The number of carboxylic acid groups (broad SMARTS) is 1. The van der Waals surface area contributed by atoms with Crippen molar-refractivity contribution >= 4 is 33.5 Å². The van der Waals surface area contributed by atoms with Gasteiger partial charge in [0.2, 0.25) is 5.91 Å². The summed E-state index contributed by atoms with van der Waals surface area (Å²) in [6.45, 7) is 2.55. The molecule has 2 aromatic carbocycles. The average molecular weight is 420 g/mol. The summed E-state index contributed by atoms with van der Waals surface area (Å²) in [7, 11) is 0. The zero-order chi connectivity index (χ0) is 18.9. The molecule has 0 heterocycles. The minimum atomic E-state index is -0.850. The summed E-state index contributed by atoms with van der Waals surface area (Å²) in [6, 6.07) is 13.0. The molecule has 0 unspecified atom stereocenters. The van der Waals surface area contributed by atoms with E-state index in [1.54, 1.807) is 12.1 Å². The van der Waals surface area contributed by atoms with Gasteiger partial charge in [0, 0.05) is 10.9 Å². The van der Waals surface area contributed by atoms with E-state index in [9.17, 15) is 9.59 Å². The quantitative estimate of drug-likeness (QED) is 0.629. The standard InChI is InChI=1S/C20H22BrNO4/c1-2-11-26-18-9-5-14(6-10-20(24)25)12-17(18)22-19(23)13-15-3-7-16(21)8-4-15/h3-5,7-9,12H,2,6,10-11,13H2,1H3,(H,22,23)(H,24,25). The Kier molecular flexibility index (Phi) is 7.66. The van der Waals surface area contributed by atoms with E-state index in [2.05, 4.69) is 21.2 Å². The van der Waals surface area contributed by atoms with Crippen molar-refractivity contribution in [3.63, 3.8) is 0 Å². The fourth-order valence-electron chi connectivity index (χ4n) is 2.40. The maximum Gasteiger partial charge on any atom is 0.303 e. The van der Waals surface area contributed by atoms with Crippen molar-refractivity contribution in [2.45, 2.75) is 32.6 Å². The zero-order valence-corrected chi connectivity index (χ0v) is 16.2. The SMILES string of the molecule is CCCOc1ccc(CCC(=O)O)cc1NC(=O)Cc1ccc(Br)cc1. The minimum Gasteiger partial charge on any atom is -0.491 e. The number of aliphatic carboxylic acids is 1. The van der Waals surface area contributed by atoms with E-state index in [1.165, 1.54) is 0 Å². The number of carboxylic acids is 1. The van der Waals surface area contributed by atoms with Crippen LogP contribution in [0.2, 0.25) is 0 Å². The summed E-state index contributed by atoms with van der Waals surface area (Å²) in [5.74, 6) is -0.406. The molecule has 0 aromatic heterocycles. The third-order valence-corrected chi connectivity index (χ3v) is 4.21. The maximum atomic E-state index is 12.4. The van der Waals surface area contributed by atoms with E-state index in [4.69, 9.17) is 9.84 Å². The van der Waals surface area contributed by atoms with Gasteiger partial charge in [-0.25, -0.2) is 0 Å². The molecule has 26 heavy (non-hydrogen) atoms. The largest absolute Gasteiger partial charge is 0.491 e. The van der Waals surface area contributed by atoms with Crippen molar-refractivity contribution < 1.29 is 19.4 Å². The molecule has 5 nitrogen and oxygen atoms in total. The predicted molar refractivity (Wildman–Crippen MR) is 105 cm³/mol. The molecule has 0 aliphatic heterocycles. The molecule has 0 aliphatic rings. The second-order valence-corrected chi connectivity index (χ2v) is 6.84. The number of ether oxygens (including phenoxy) is 1. The number of aryl methyl sites for hydroxylation is 1. The number of hydrogen-bond donors (Lipinski definition) is 2. The Labute approximate surface area is 161 Å². The van der Waals surface area contributed by atoms with E-state index < -0.39 is 5.97 Å². The molecule has 0 spiro atoms. The highest BCUT2D eigenvalue weighted by atomic mass is 79.9. The number of carbonyl (C=O) groups excluding carboxylic acids is 1. The Balaban J connectivity index is 2.11. The molecule has 0 radical (unpaired) electrons. The van der Waals surface area contributed by atoms with E-state index in [0.717, 1.165) is 22.0 Å². The van der Waals surface area contributed by atoms with Gasteiger partial charge < -0.3 is 15.2 Å². The van der Waals surface area contributed by atoms with Crippen molar-refractivity contribution in [2.75, 3.05) is 11.9 Å². The smallest absolute Gasteiger partial charge is 0.303 e. The third-order valence-electron chi connectivity index (χ3n) is 3.69. The van der Waals surface area contributed by atoms with Gasteiger partial charge in [0.1, 0.15) is 5.75 Å². The van der Waals surface area contributed by atoms with Crippen LogP contribution in [0.25, 0.3) is 0 Å². The number of rotatable bonds is 9. The second kappa shape index (κ2) is 9.97. The normalized spacial score (nSPS) is 10.4. The first-order valence-corrected chi connectivity index (χ1v) is 9.29. The summed E-state index contributed by atoms with van der Waals surface area (Å²) in [5, 5.41) is 11.7. The molecule has 0 saturated heterocycles. The lowest BCUT2D eigenvalue weighted by atomic mass is 10.1. The number of nitrogens with one attached hydrogen (secondary N) is 1. The Bertz CT molecular complexity index is 759. The number of benzene rings is 2. The molecule has 1 amide bonds. The minimum absolute atomic E-state index is 0.0431. The number of halogens is 1. The summed E-state index contributed by atoms with van der Waals surface area (Å²) in [5.41, 5.74) is 2.32. The van der Waals surface area contributed by atoms with Crippen molar-refractivity contribution in [3.8, 4) is 5.75 Å². The lowest BCUT2D eigenvalue weighted by molar-refractivity contribution is -0.137. The number of anilines is 1. The van der Waals surface area contributed by atoms with E-state index in [0.29, 0.717) is 24.5 Å². The lowest BCUT2D eigenvalue weighted by Gasteiger charge is -2.14. The predicted octanol–water partition coefficient (Wildman–Crippen LogP) is 4.44. The molecule has 2 aromatic rings. The number of amides is 1. The van der Waals surface area contributed by atoms with Gasteiger partial charge in [0.15, 0.2) is 0 Å². The van der Waals surface area contributed by atoms with Crippen LogP contribution < -0.4 is 10.1 Å². The first kappa shape index (κ1) is 20.0. The van der Waals surface area contributed by atoms with Crippen molar-refractivity contribution in [1.82, 2.24) is 0 Å². The molecule has 0 bridgehead atoms. The van der Waals surface area contributed by atoms with E-state index in [-0.39, 0.29) is 18.7 Å². The van der Waals surface area contributed by atoms with Crippen LogP contribution in [0.1, 0.15) is 30.9 Å². The van der Waals surface area contributed by atoms with Crippen molar-refractivity contribution in [1.29, 1.82) is 0 Å². The van der Waals surface area contributed by atoms with Gasteiger partial charge in [-0.3, -0.25) is 9.59 Å². The third kappa shape index (κ3) is 6.52. The summed E-state index contributed by atoms with van der Waals surface area (Å²) < 4.78 is 6.66. The highest BCUT2D eigenvalue weighted by molar-refractivity contribution is 9.10. The van der Waals surface area contributed by atoms with Gasteiger partial charge in [0.25, 0.3) is 0 Å². The average Bonchev–Trinajstić information content (AvgIpc) is 2.61. The topological polar surface area (TPSA) is 75.6 Å². The Morgan fingerprint density at radius 1 is 1.12 bits per heavy atom. The van der Waals surface area contributed by atoms with E-state index in [1.807, 2.05) is 37.3 Å². The first-order chi connectivity index (χ1) is 12.5. The highest BCUT2D eigenvalue weighted by Crippen LogP contribution is 2.27. The summed E-state index contributed by atoms with van der Waals surface area (Å²) in [6.07, 6.45) is 1.55. The van der Waals surface area contributed by atoms with Crippen LogP contribution in [0, 0.1) is 0 Å². The molecular formula is C20H22BrNO4. The second-order valence-electron chi connectivity index (χ2n) is 5.92. The van der Waals surface area contributed by atoms with Crippen LogP contribution >= 0.6 is 15.9 Å². The number of carbonyl (C=O) groups is 2. The molecular weight excluding hydrogens is 398 g/mol. The molecule has 0 aliphatic carbocycles. The highest BCUT2D eigenvalue weighted by Gasteiger charge is 2.11. The summed E-state index contributed by atoms with van der Waals surface area (Å²) >= 11 is 3.37. The van der Waals surface area contributed by atoms with E-state index >= 15 is 0 Å². The Morgan fingerprint density at radius 3 is 2.46 bits per heavy atom. The van der Waals surface area contributed by atoms with Gasteiger partial charge in [-0.2, -0.15) is 0 Å². The van der Waals surface area contributed by atoms with Gasteiger partial charge >= 0.3 is 5.97 Å². The van der Waals surface area contributed by atoms with Gasteiger partial charge in [-0.15, -0.1) is 0 Å². The van der Waals surface area contributed by atoms with Crippen LogP contribution in [0.15, 0.2) is 46.9 Å². The van der Waals surface area contributed by atoms with Crippen molar-refractivity contribution in [3.05, 3.63) is 58.1 Å². The fraction of sp³-hybridized carbons (Fsp3) is 0.300. The first-order valence-electron chi connectivity index (χ1n) is 8.49. The molecule has 0 fully saturated rings. The molecule has 0 atom stereocenters. The molecule has 138 valence electrons.